The van der Waals surface area contributed by atoms with Gasteiger partial charge < -0.3 is 31.1 Å². The van der Waals surface area contributed by atoms with Crippen molar-refractivity contribution < 1.29 is 52.4 Å². The van der Waals surface area contributed by atoms with Gasteiger partial charge >= 0.3 is 18.1 Å². The second-order valence-corrected chi connectivity index (χ2v) is 10.5. The highest BCUT2D eigenvalue weighted by Crippen LogP contribution is 2.47. The van der Waals surface area contributed by atoms with Crippen molar-refractivity contribution in [1.82, 2.24) is 30.4 Å². The number of carboxylic acids is 2. The second kappa shape index (κ2) is 13.0. The number of carboxylic acid groups (broad SMARTS) is 2. The van der Waals surface area contributed by atoms with Crippen LogP contribution in [0.3, 0.4) is 0 Å². The number of tetrazole rings is 1. The molecule has 0 saturated carbocycles. The number of hydrogen-bond donors (Lipinski definition) is 5. The average Bonchev–Trinajstić information content (AvgIpc) is 3.41. The largest absolute Gasteiger partial charge is 0.508 e. The number of aryl methyl sites for hydroxylation is 1. The molecule has 20 heteroatoms. The van der Waals surface area contributed by atoms with Gasteiger partial charge in [-0.1, -0.05) is 23.9 Å². The van der Waals surface area contributed by atoms with Crippen LogP contribution in [0.2, 0.25) is 0 Å². The highest BCUT2D eigenvalue weighted by molar-refractivity contribution is 8.01. The number of aromatic hydroxyl groups is 1. The van der Waals surface area contributed by atoms with E-state index in [1.165, 1.54) is 54.9 Å². The van der Waals surface area contributed by atoms with E-state index in [1.807, 2.05) is 6.92 Å². The van der Waals surface area contributed by atoms with Gasteiger partial charge in [0.25, 0.3) is 11.6 Å². The van der Waals surface area contributed by atoms with Crippen LogP contribution in [0.15, 0.2) is 40.7 Å². The molecule has 1 fully saturated rings. The van der Waals surface area contributed by atoms with Crippen molar-refractivity contribution in [2.24, 2.45) is 5.73 Å². The molecule has 1 aromatic heterocycles. The molecule has 2 aromatic rings. The monoisotopic (exact) mass is 635 g/mol. The van der Waals surface area contributed by atoms with Gasteiger partial charge in [0.15, 0.2) is 0 Å². The Kier molecular flexibility index (Phi) is 10.1. The zero-order valence-electron chi connectivity index (χ0n) is 21.7. The zero-order chi connectivity index (χ0) is 31.4. The second-order valence-electron chi connectivity index (χ2n) is 8.46. The number of amides is 2. The van der Waals surface area contributed by atoms with E-state index in [-0.39, 0.29) is 17.2 Å². The number of carbonyl (C=O) groups excluding carboxylic acids is 2. The normalized spacial score (nSPS) is 20.6. The number of methoxy groups -OCH3 is 1. The lowest BCUT2D eigenvalue weighted by atomic mass is 9.97. The molecule has 1 saturated heterocycles. The van der Waals surface area contributed by atoms with Gasteiger partial charge in [-0.25, -0.2) is 14.3 Å². The smallest absolute Gasteiger partial charge is 0.490 e. The molecule has 2 aliphatic rings. The minimum atomic E-state index is -5.08. The number of phenolic OH excluding ortho intramolecular Hbond substituents is 1. The summed E-state index contributed by atoms with van der Waals surface area (Å²) in [7, 11) is 1.27. The molecule has 2 aliphatic heterocycles. The van der Waals surface area contributed by atoms with E-state index in [0.717, 1.165) is 4.90 Å². The maximum absolute atomic E-state index is 13.2. The van der Waals surface area contributed by atoms with Crippen molar-refractivity contribution in [3.63, 3.8) is 0 Å². The summed E-state index contributed by atoms with van der Waals surface area (Å²) in [4.78, 5) is 48.3. The molecule has 0 bridgehead atoms. The summed E-state index contributed by atoms with van der Waals surface area (Å²) >= 11 is 2.55. The topological polar surface area (TPSA) is 223 Å². The zero-order valence-corrected chi connectivity index (χ0v) is 23.4. The molecular weight excluding hydrogens is 611 g/mol. The Hall–Kier alpha value is -3.88. The number of thioether (sulfide) groups is 2. The van der Waals surface area contributed by atoms with Crippen LogP contribution in [0, 0.1) is 0 Å². The van der Waals surface area contributed by atoms with Crippen LogP contribution in [0.25, 0.3) is 0 Å². The highest BCUT2D eigenvalue weighted by Gasteiger charge is 2.66. The van der Waals surface area contributed by atoms with Crippen molar-refractivity contribution >= 4 is 47.3 Å². The third kappa shape index (κ3) is 6.61. The number of nitrogens with two attached hydrogens (primary N) is 1. The predicted octanol–water partition coefficient (Wildman–Crippen LogP) is 0.537. The summed E-state index contributed by atoms with van der Waals surface area (Å²) in [5, 5.41) is 40.2. The van der Waals surface area contributed by atoms with Crippen molar-refractivity contribution in [2.45, 2.75) is 41.9 Å². The fourth-order valence-electron chi connectivity index (χ4n) is 3.80. The van der Waals surface area contributed by atoms with Crippen LogP contribution < -0.4 is 11.1 Å². The van der Waals surface area contributed by atoms with Crippen LogP contribution in [0.1, 0.15) is 18.5 Å². The van der Waals surface area contributed by atoms with Crippen LogP contribution in [-0.4, -0.2) is 100 Å². The number of nitrogens with zero attached hydrogens (tertiary/aromatic N) is 5. The highest BCUT2D eigenvalue weighted by atomic mass is 32.2. The third-order valence-corrected chi connectivity index (χ3v) is 8.31. The maximum Gasteiger partial charge on any atom is 0.490 e. The quantitative estimate of drug-likeness (QED) is 0.144. The van der Waals surface area contributed by atoms with Gasteiger partial charge in [-0.3, -0.25) is 14.5 Å². The number of hydrogen-bond acceptors (Lipinski definition) is 12. The van der Waals surface area contributed by atoms with E-state index < -0.39 is 47.1 Å². The number of phenols is 1. The first kappa shape index (κ1) is 32.6. The fourth-order valence-corrected chi connectivity index (χ4v) is 6.32. The Morgan fingerprint density at radius 1 is 1.29 bits per heavy atom. The molecule has 1 unspecified atom stereocenters. The van der Waals surface area contributed by atoms with Crippen LogP contribution in [0.4, 0.5) is 13.2 Å². The molecule has 42 heavy (non-hydrogen) atoms. The summed E-state index contributed by atoms with van der Waals surface area (Å²) in [6.45, 7) is 2.44. The number of rotatable bonds is 9. The van der Waals surface area contributed by atoms with E-state index in [9.17, 15) is 37.8 Å². The van der Waals surface area contributed by atoms with Gasteiger partial charge in [0, 0.05) is 25.2 Å². The van der Waals surface area contributed by atoms with E-state index in [1.54, 1.807) is 4.68 Å². The summed E-state index contributed by atoms with van der Waals surface area (Å²) < 4.78 is 38.8. The van der Waals surface area contributed by atoms with Crippen LogP contribution >= 0.6 is 23.5 Å². The number of ether oxygens (including phenoxy) is 1. The number of nitrogens with one attached hydrogen (secondary N) is 1. The average molecular weight is 636 g/mol. The van der Waals surface area contributed by atoms with Crippen LogP contribution in [-0.2, 0) is 30.5 Å². The number of benzene rings is 1. The predicted molar refractivity (Wildman–Crippen MR) is 139 cm³/mol. The molecule has 3 heterocycles. The molecular formula is C22H24F3N7O8S2. The molecule has 228 valence electrons. The number of carbonyl (C=O) groups is 4. The SMILES string of the molecule is CCn1nnnc1SCC1=C(C(=O)O)N2C(=O)[C@](NC(=O)C(N)c3ccc(O)cc3)(OC)[C@@H]2SC1.O=C(O)C(F)(F)F. The Balaban J connectivity index is 0.000000616. The van der Waals surface area contributed by atoms with E-state index >= 15 is 0 Å². The fraction of sp³-hybridized carbons (Fsp3) is 0.409. The van der Waals surface area contributed by atoms with Crippen molar-refractivity contribution in [3.8, 4) is 5.75 Å². The molecule has 2 amide bonds. The molecule has 0 spiro atoms. The minimum Gasteiger partial charge on any atom is -0.508 e. The first-order chi connectivity index (χ1) is 19.7. The number of aromatic nitrogens is 4. The molecule has 4 rings (SSSR count). The Morgan fingerprint density at radius 2 is 1.90 bits per heavy atom. The number of halogens is 3. The summed E-state index contributed by atoms with van der Waals surface area (Å²) in [5.41, 5.74) is 5.09. The van der Waals surface area contributed by atoms with E-state index in [4.69, 9.17) is 20.4 Å². The molecule has 1 aromatic carbocycles. The van der Waals surface area contributed by atoms with Crippen molar-refractivity contribution in [3.05, 3.63) is 41.1 Å². The lowest BCUT2D eigenvalue weighted by molar-refractivity contribution is -0.192. The minimum absolute atomic E-state index is 0.0197. The Morgan fingerprint density at radius 3 is 2.43 bits per heavy atom. The number of alkyl halides is 3. The first-order valence-corrected chi connectivity index (χ1v) is 13.7. The molecule has 3 atom stereocenters. The van der Waals surface area contributed by atoms with Gasteiger partial charge in [0.2, 0.25) is 11.1 Å². The van der Waals surface area contributed by atoms with Gasteiger partial charge in [0.1, 0.15) is 22.9 Å². The summed E-state index contributed by atoms with van der Waals surface area (Å²) in [6, 6.07) is 4.64. The summed E-state index contributed by atoms with van der Waals surface area (Å²) in [6.07, 6.45) is -5.08. The lowest BCUT2D eigenvalue weighted by Crippen LogP contribution is -2.81. The van der Waals surface area contributed by atoms with E-state index in [0.29, 0.717) is 28.6 Å². The van der Waals surface area contributed by atoms with Gasteiger partial charge in [-0.2, -0.15) is 13.2 Å². The van der Waals surface area contributed by atoms with Crippen molar-refractivity contribution in [1.29, 1.82) is 0 Å². The van der Waals surface area contributed by atoms with E-state index in [2.05, 4.69) is 20.8 Å². The van der Waals surface area contributed by atoms with Gasteiger partial charge in [-0.05, 0) is 40.6 Å². The Bertz CT molecular complexity index is 1390. The van der Waals surface area contributed by atoms with Gasteiger partial charge in [-0.15, -0.1) is 16.9 Å². The molecule has 0 radical (unpaired) electrons. The third-order valence-electron chi connectivity index (χ3n) is 5.89. The number of aliphatic carboxylic acids is 2. The number of fused-ring (bicyclic) bond motifs is 1. The van der Waals surface area contributed by atoms with Crippen LogP contribution in [0.5, 0.6) is 5.75 Å². The van der Waals surface area contributed by atoms with Gasteiger partial charge in [0.05, 0.1) is 0 Å². The Labute approximate surface area is 243 Å². The van der Waals surface area contributed by atoms with Crippen molar-refractivity contribution in [2.75, 3.05) is 18.6 Å². The first-order valence-electron chi connectivity index (χ1n) is 11.7. The standard InChI is InChI=1S/C20H23N7O6S2.C2HF3O2/c1-3-26-19(23-24-25-26)35-9-11-8-34-18-20(33-2,17(32)27(18)14(11)16(30)31)22-15(29)13(21)10-4-6-12(28)7-5-10;3-2(4,5)1(6)7/h4-7,13,18,28H,3,8-9,21H2,1-2H3,(H,22,29)(H,30,31);(H,6,7)/t13?,18-,20-;/m0./s1. The summed E-state index contributed by atoms with van der Waals surface area (Å²) in [5.74, 6) is -4.82. The molecule has 0 aliphatic carbocycles. The maximum atomic E-state index is 13.2. The lowest BCUT2D eigenvalue weighted by Gasteiger charge is -2.56. The molecule has 6 N–H and O–H groups in total. The molecule has 15 nitrogen and oxygen atoms in total. The number of β-lactam (4-membered cyclic amide) rings is 1.